The molecule has 2 aromatic rings. The molecule has 0 bridgehead atoms. The smallest absolute Gasteiger partial charge is 0.404 e. The predicted octanol–water partition coefficient (Wildman–Crippen LogP) is 4.30. The molecule has 4 nitrogen and oxygen atoms in total. The van der Waals surface area contributed by atoms with Crippen LogP contribution >= 0.6 is 0 Å². The Morgan fingerprint density at radius 2 is 2.04 bits per heavy atom. The van der Waals surface area contributed by atoms with Gasteiger partial charge in [-0.05, 0) is 74.3 Å². The normalized spacial score (nSPS) is 22.7. The summed E-state index contributed by atoms with van der Waals surface area (Å²) in [6, 6.07) is 6.69. The second kappa shape index (κ2) is 6.52. The molecule has 2 N–H and O–H groups in total. The van der Waals surface area contributed by atoms with Gasteiger partial charge < -0.3 is 10.4 Å². The number of hydrogen-bond acceptors (Lipinski definition) is 2. The van der Waals surface area contributed by atoms with Gasteiger partial charge in [0.2, 0.25) is 0 Å². The maximum absolute atomic E-state index is 13.6. The number of carboxylic acid groups (broad SMARTS) is 1. The summed E-state index contributed by atoms with van der Waals surface area (Å²) in [5.41, 5.74) is 1.98. The van der Waals surface area contributed by atoms with Crippen LogP contribution in [0.4, 0.5) is 9.18 Å². The fourth-order valence-electron chi connectivity index (χ4n) is 3.74. The Hall–Kier alpha value is -2.17. The highest BCUT2D eigenvalue weighted by Crippen LogP contribution is 2.39. The van der Waals surface area contributed by atoms with Crippen LogP contribution in [0.5, 0.6) is 0 Å². The quantitative estimate of drug-likeness (QED) is 0.887. The third-order valence-electron chi connectivity index (χ3n) is 5.01. The van der Waals surface area contributed by atoms with Crippen LogP contribution in [0.25, 0.3) is 10.9 Å². The zero-order valence-corrected chi connectivity index (χ0v) is 13.1. The fourth-order valence-corrected chi connectivity index (χ4v) is 3.74. The number of nitrogens with one attached hydrogen (secondary N) is 1. The molecule has 1 aromatic carbocycles. The summed E-state index contributed by atoms with van der Waals surface area (Å²) in [6.07, 6.45) is 4.76. The van der Waals surface area contributed by atoms with E-state index >= 15 is 0 Å². The molecule has 1 heterocycles. The summed E-state index contributed by atoms with van der Waals surface area (Å²) in [5, 5.41) is 12.3. The molecule has 1 fully saturated rings. The van der Waals surface area contributed by atoms with E-state index in [1.54, 1.807) is 18.3 Å². The highest BCUT2D eigenvalue weighted by atomic mass is 19.1. The van der Waals surface area contributed by atoms with E-state index < -0.39 is 6.09 Å². The lowest BCUT2D eigenvalue weighted by Crippen LogP contribution is -2.38. The summed E-state index contributed by atoms with van der Waals surface area (Å²) in [5.74, 6) is 0.516. The lowest BCUT2D eigenvalue weighted by atomic mass is 9.75. The van der Waals surface area contributed by atoms with Gasteiger partial charge in [-0.15, -0.1) is 0 Å². The molecule has 1 aromatic heterocycles. The third kappa shape index (κ3) is 3.44. The average molecular weight is 316 g/mol. The van der Waals surface area contributed by atoms with E-state index in [4.69, 9.17) is 5.11 Å². The van der Waals surface area contributed by atoms with E-state index in [0.717, 1.165) is 42.1 Å². The first kappa shape index (κ1) is 15.7. The number of benzene rings is 1. The van der Waals surface area contributed by atoms with Crippen molar-refractivity contribution in [3.05, 3.63) is 41.8 Å². The third-order valence-corrected chi connectivity index (χ3v) is 5.01. The SMILES string of the molecule is CC(NC(=O)O)[C@H]1CC[C@@H](c2ccnc3ccc(F)cc32)CC1. The molecular weight excluding hydrogens is 295 g/mol. The summed E-state index contributed by atoms with van der Waals surface area (Å²) < 4.78 is 13.6. The second-order valence-corrected chi connectivity index (χ2v) is 6.41. The van der Waals surface area contributed by atoms with Crippen LogP contribution < -0.4 is 5.32 Å². The lowest BCUT2D eigenvalue weighted by molar-refractivity contribution is 0.179. The number of rotatable bonds is 3. The number of amides is 1. The molecule has 0 aliphatic heterocycles. The molecule has 0 radical (unpaired) electrons. The molecule has 1 aliphatic carbocycles. The van der Waals surface area contributed by atoms with Gasteiger partial charge >= 0.3 is 6.09 Å². The minimum absolute atomic E-state index is 0.0277. The topological polar surface area (TPSA) is 62.2 Å². The van der Waals surface area contributed by atoms with E-state index in [0.29, 0.717) is 11.8 Å². The van der Waals surface area contributed by atoms with E-state index in [1.165, 1.54) is 6.07 Å². The van der Waals surface area contributed by atoms with Crippen molar-refractivity contribution >= 4 is 17.0 Å². The molecule has 5 heteroatoms. The first-order valence-electron chi connectivity index (χ1n) is 8.08. The van der Waals surface area contributed by atoms with Crippen LogP contribution in [-0.4, -0.2) is 22.2 Å². The molecule has 1 unspecified atom stereocenters. The predicted molar refractivity (Wildman–Crippen MR) is 87.0 cm³/mol. The molecule has 1 saturated carbocycles. The first-order chi connectivity index (χ1) is 11.0. The molecule has 0 saturated heterocycles. The van der Waals surface area contributed by atoms with Crippen molar-refractivity contribution in [2.24, 2.45) is 5.92 Å². The number of aromatic nitrogens is 1. The second-order valence-electron chi connectivity index (χ2n) is 6.41. The minimum Gasteiger partial charge on any atom is -0.465 e. The van der Waals surface area contributed by atoms with Crippen molar-refractivity contribution in [3.63, 3.8) is 0 Å². The van der Waals surface area contributed by atoms with E-state index in [1.807, 2.05) is 13.0 Å². The van der Waals surface area contributed by atoms with Crippen LogP contribution in [0.2, 0.25) is 0 Å². The fraction of sp³-hybridized carbons (Fsp3) is 0.444. The number of hydrogen-bond donors (Lipinski definition) is 2. The lowest BCUT2D eigenvalue weighted by Gasteiger charge is -2.32. The zero-order valence-electron chi connectivity index (χ0n) is 13.1. The van der Waals surface area contributed by atoms with Gasteiger partial charge in [-0.25, -0.2) is 9.18 Å². The monoisotopic (exact) mass is 316 g/mol. The Bertz CT molecular complexity index is 711. The molecule has 0 spiro atoms. The van der Waals surface area contributed by atoms with Gasteiger partial charge in [-0.3, -0.25) is 4.98 Å². The van der Waals surface area contributed by atoms with Crippen molar-refractivity contribution in [1.29, 1.82) is 0 Å². The van der Waals surface area contributed by atoms with E-state index in [2.05, 4.69) is 10.3 Å². The Balaban J connectivity index is 1.75. The van der Waals surface area contributed by atoms with Crippen LogP contribution in [0.3, 0.4) is 0 Å². The maximum Gasteiger partial charge on any atom is 0.404 e. The van der Waals surface area contributed by atoms with Gasteiger partial charge in [-0.2, -0.15) is 0 Å². The Kier molecular flexibility index (Phi) is 4.46. The molecule has 1 amide bonds. The number of pyridine rings is 1. The van der Waals surface area contributed by atoms with E-state index in [9.17, 15) is 9.18 Å². The van der Waals surface area contributed by atoms with Crippen molar-refractivity contribution < 1.29 is 14.3 Å². The first-order valence-corrected chi connectivity index (χ1v) is 8.08. The summed E-state index contributed by atoms with van der Waals surface area (Å²) in [7, 11) is 0. The van der Waals surface area contributed by atoms with Gasteiger partial charge in [0.05, 0.1) is 5.52 Å². The largest absolute Gasteiger partial charge is 0.465 e. The molecule has 122 valence electrons. The minimum atomic E-state index is -0.963. The van der Waals surface area contributed by atoms with Gasteiger partial charge in [0.25, 0.3) is 0 Å². The summed E-state index contributed by atoms with van der Waals surface area (Å²) >= 11 is 0. The Morgan fingerprint density at radius 3 is 2.74 bits per heavy atom. The van der Waals surface area contributed by atoms with Crippen molar-refractivity contribution in [3.8, 4) is 0 Å². The van der Waals surface area contributed by atoms with Crippen molar-refractivity contribution in [2.45, 2.75) is 44.6 Å². The Labute approximate surface area is 134 Å². The van der Waals surface area contributed by atoms with Crippen LogP contribution in [0.15, 0.2) is 30.5 Å². The van der Waals surface area contributed by atoms with Gasteiger partial charge in [0.1, 0.15) is 5.82 Å². The molecule has 23 heavy (non-hydrogen) atoms. The number of halogens is 1. The Morgan fingerprint density at radius 1 is 1.30 bits per heavy atom. The molecule has 3 rings (SSSR count). The van der Waals surface area contributed by atoms with Crippen LogP contribution in [-0.2, 0) is 0 Å². The average Bonchev–Trinajstić information content (AvgIpc) is 2.54. The number of nitrogens with zero attached hydrogens (tertiary/aromatic N) is 1. The van der Waals surface area contributed by atoms with Crippen molar-refractivity contribution in [2.75, 3.05) is 0 Å². The van der Waals surface area contributed by atoms with Gasteiger partial charge in [0.15, 0.2) is 0 Å². The molecule has 1 aliphatic rings. The standard InChI is InChI=1S/C18H21FN2O2/c1-11(21-18(22)23)12-2-4-13(5-3-12)15-8-9-20-17-7-6-14(19)10-16(15)17/h6-13,21H,2-5H2,1H3,(H,22,23)/t11?,12-,13+. The summed E-state index contributed by atoms with van der Waals surface area (Å²) in [6.45, 7) is 1.93. The maximum atomic E-state index is 13.6. The highest BCUT2D eigenvalue weighted by molar-refractivity contribution is 5.82. The van der Waals surface area contributed by atoms with Gasteiger partial charge in [-0.1, -0.05) is 0 Å². The summed E-state index contributed by atoms with van der Waals surface area (Å²) in [4.78, 5) is 15.1. The molecular formula is C18H21FN2O2. The number of fused-ring (bicyclic) bond motifs is 1. The van der Waals surface area contributed by atoms with Crippen LogP contribution in [0.1, 0.15) is 44.1 Å². The highest BCUT2D eigenvalue weighted by Gasteiger charge is 2.27. The number of carbonyl (C=O) groups is 1. The van der Waals surface area contributed by atoms with E-state index in [-0.39, 0.29) is 11.9 Å². The molecule has 1 atom stereocenters. The zero-order chi connectivity index (χ0) is 16.4. The van der Waals surface area contributed by atoms with Crippen molar-refractivity contribution in [1.82, 2.24) is 10.3 Å². The van der Waals surface area contributed by atoms with Crippen LogP contribution in [0, 0.1) is 11.7 Å². The van der Waals surface area contributed by atoms with Gasteiger partial charge in [0, 0.05) is 17.6 Å².